The van der Waals surface area contributed by atoms with Crippen LogP contribution in [0.2, 0.25) is 0 Å². The van der Waals surface area contributed by atoms with Crippen LogP contribution in [0, 0.1) is 3.57 Å². The first kappa shape index (κ1) is 18.5. The van der Waals surface area contributed by atoms with Gasteiger partial charge in [0.15, 0.2) is 11.4 Å². The lowest BCUT2D eigenvalue weighted by Crippen LogP contribution is -2.42. The summed E-state index contributed by atoms with van der Waals surface area (Å²) in [5.74, 6) is -0.683. The molecule has 0 saturated heterocycles. The Morgan fingerprint density at radius 3 is 2.56 bits per heavy atom. The molecule has 6 heteroatoms. The number of Topliss-reactive ketones (excluding diaryl/α,β-unsaturated/α-hetero) is 1. The molecule has 130 valence electrons. The van der Waals surface area contributed by atoms with Gasteiger partial charge >= 0.3 is 0 Å². The average molecular weight is 514 g/mol. The van der Waals surface area contributed by atoms with Gasteiger partial charge in [-0.05, 0) is 59.3 Å². The summed E-state index contributed by atoms with van der Waals surface area (Å²) in [4.78, 5) is 27.2. The summed E-state index contributed by atoms with van der Waals surface area (Å²) in [5.41, 5.74) is -0.173. The topological polar surface area (TPSA) is 57.6 Å². The van der Waals surface area contributed by atoms with Gasteiger partial charge in [0, 0.05) is 25.7 Å². The van der Waals surface area contributed by atoms with Gasteiger partial charge in [0.05, 0.1) is 12.1 Å². The number of amides is 1. The van der Waals surface area contributed by atoms with Gasteiger partial charge < -0.3 is 10.0 Å². The number of carbonyl (C=O) groups excluding carboxylic acids is 2. The van der Waals surface area contributed by atoms with Crippen molar-refractivity contribution in [3.63, 3.8) is 0 Å². The smallest absolute Gasteiger partial charge is 0.264 e. The van der Waals surface area contributed by atoms with Gasteiger partial charge in [0.2, 0.25) is 0 Å². The van der Waals surface area contributed by atoms with E-state index in [0.29, 0.717) is 23.4 Å². The minimum absolute atomic E-state index is 0.253. The monoisotopic (exact) mass is 513 g/mol. The number of nitrogens with zero attached hydrogens (tertiary/aromatic N) is 1. The average Bonchev–Trinajstić information content (AvgIpc) is 2.77. The molecule has 4 nitrogen and oxygen atoms in total. The zero-order chi connectivity index (χ0) is 18.2. The molecule has 0 fully saturated rings. The fraction of sp³-hybridized carbons (Fsp3) is 0.263. The van der Waals surface area contributed by atoms with Gasteiger partial charge in [0.1, 0.15) is 0 Å². The Bertz CT molecular complexity index is 837. The zero-order valence-electron chi connectivity index (χ0n) is 13.6. The minimum Gasteiger partial charge on any atom is -0.375 e. The second-order valence-corrected chi connectivity index (χ2v) is 8.25. The number of ketones is 1. The van der Waals surface area contributed by atoms with Crippen molar-refractivity contribution in [1.82, 2.24) is 0 Å². The van der Waals surface area contributed by atoms with Gasteiger partial charge in [-0.2, -0.15) is 0 Å². The van der Waals surface area contributed by atoms with Gasteiger partial charge in [0.25, 0.3) is 5.91 Å². The van der Waals surface area contributed by atoms with E-state index in [2.05, 4.69) is 38.5 Å². The standard InChI is InChI=1S/C19H17BrINO3/c1-2-9-22-16-8-5-13(20)10-15(16)19(25,18(22)24)11-17(23)12-3-6-14(21)7-4-12/h3-8,10,25H,2,9,11H2,1H3/t19-/m0/s1. The number of fused-ring (bicyclic) bond motifs is 1. The summed E-state index contributed by atoms with van der Waals surface area (Å²) in [6, 6.07) is 12.5. The molecule has 1 atom stereocenters. The second kappa shape index (κ2) is 7.17. The van der Waals surface area contributed by atoms with E-state index in [0.717, 1.165) is 14.5 Å². The maximum Gasteiger partial charge on any atom is 0.264 e. The van der Waals surface area contributed by atoms with Gasteiger partial charge in [-0.25, -0.2) is 0 Å². The molecule has 1 N–H and O–H groups in total. The molecular weight excluding hydrogens is 497 g/mol. The third-order valence-corrected chi connectivity index (χ3v) is 5.54. The van der Waals surface area contributed by atoms with Crippen LogP contribution in [-0.4, -0.2) is 23.3 Å². The quantitative estimate of drug-likeness (QED) is 0.480. The molecule has 0 radical (unpaired) electrons. The molecule has 25 heavy (non-hydrogen) atoms. The second-order valence-electron chi connectivity index (χ2n) is 6.09. The van der Waals surface area contributed by atoms with Crippen LogP contribution >= 0.6 is 38.5 Å². The maximum atomic E-state index is 12.9. The number of hydrogen-bond donors (Lipinski definition) is 1. The number of hydrogen-bond acceptors (Lipinski definition) is 3. The molecule has 1 amide bonds. The number of halogens is 2. The lowest BCUT2D eigenvalue weighted by Gasteiger charge is -2.22. The summed E-state index contributed by atoms with van der Waals surface area (Å²) >= 11 is 5.55. The highest BCUT2D eigenvalue weighted by Crippen LogP contribution is 2.44. The number of rotatable bonds is 5. The zero-order valence-corrected chi connectivity index (χ0v) is 17.4. The van der Waals surface area contributed by atoms with Crippen LogP contribution in [0.3, 0.4) is 0 Å². The number of benzene rings is 2. The fourth-order valence-electron chi connectivity index (χ4n) is 3.11. The van der Waals surface area contributed by atoms with Gasteiger partial charge in [-0.15, -0.1) is 0 Å². The van der Waals surface area contributed by atoms with E-state index in [-0.39, 0.29) is 12.2 Å². The van der Waals surface area contributed by atoms with Crippen LogP contribution in [0.25, 0.3) is 0 Å². The van der Waals surface area contributed by atoms with Gasteiger partial charge in [-0.1, -0.05) is 35.0 Å². The Kier molecular flexibility index (Phi) is 5.31. The van der Waals surface area contributed by atoms with Crippen molar-refractivity contribution in [3.05, 3.63) is 61.6 Å². The Labute approximate surface area is 168 Å². The molecule has 0 spiro atoms. The van der Waals surface area contributed by atoms with E-state index in [4.69, 9.17) is 0 Å². The molecule has 0 aromatic heterocycles. The van der Waals surface area contributed by atoms with Crippen molar-refractivity contribution >= 4 is 55.9 Å². The molecule has 3 rings (SSSR count). The van der Waals surface area contributed by atoms with Crippen LogP contribution in [0.4, 0.5) is 5.69 Å². The SMILES string of the molecule is CCCN1C(=O)[C@](O)(CC(=O)c2ccc(I)cc2)c2cc(Br)ccc21. The molecule has 1 aliphatic rings. The van der Waals surface area contributed by atoms with Crippen molar-refractivity contribution in [2.45, 2.75) is 25.4 Å². The van der Waals surface area contributed by atoms with E-state index in [1.807, 2.05) is 25.1 Å². The molecule has 1 aliphatic heterocycles. The van der Waals surface area contributed by atoms with Crippen molar-refractivity contribution in [1.29, 1.82) is 0 Å². The lowest BCUT2D eigenvalue weighted by atomic mass is 9.88. The molecule has 0 aliphatic carbocycles. The van der Waals surface area contributed by atoms with Crippen molar-refractivity contribution < 1.29 is 14.7 Å². The van der Waals surface area contributed by atoms with Crippen molar-refractivity contribution in [2.24, 2.45) is 0 Å². The van der Waals surface area contributed by atoms with Crippen molar-refractivity contribution in [2.75, 3.05) is 11.4 Å². The van der Waals surface area contributed by atoms with Crippen LogP contribution in [0.5, 0.6) is 0 Å². The molecule has 1 heterocycles. The maximum absolute atomic E-state index is 12.9. The van der Waals surface area contributed by atoms with E-state index >= 15 is 0 Å². The van der Waals surface area contributed by atoms with Crippen LogP contribution < -0.4 is 4.90 Å². The minimum atomic E-state index is -1.83. The number of aliphatic hydroxyl groups is 1. The van der Waals surface area contributed by atoms with E-state index < -0.39 is 11.5 Å². The Morgan fingerprint density at radius 1 is 1.24 bits per heavy atom. The summed E-state index contributed by atoms with van der Waals surface area (Å²) in [6.45, 7) is 2.48. The third kappa shape index (κ3) is 3.39. The predicted octanol–water partition coefficient (Wildman–Crippen LogP) is 4.27. The van der Waals surface area contributed by atoms with E-state index in [9.17, 15) is 14.7 Å². The van der Waals surface area contributed by atoms with E-state index in [1.54, 1.807) is 29.2 Å². The predicted molar refractivity (Wildman–Crippen MR) is 109 cm³/mol. The van der Waals surface area contributed by atoms with E-state index in [1.165, 1.54) is 0 Å². The van der Waals surface area contributed by atoms with Gasteiger partial charge in [-0.3, -0.25) is 9.59 Å². The van der Waals surface area contributed by atoms with Crippen LogP contribution in [0.1, 0.15) is 35.7 Å². The molecular formula is C19H17BrINO3. The Morgan fingerprint density at radius 2 is 1.92 bits per heavy atom. The van der Waals surface area contributed by atoms with Crippen molar-refractivity contribution in [3.8, 4) is 0 Å². The fourth-order valence-corrected chi connectivity index (χ4v) is 3.83. The molecule has 0 saturated carbocycles. The summed E-state index contributed by atoms with van der Waals surface area (Å²) in [5, 5.41) is 11.2. The normalized spacial score (nSPS) is 19.2. The first-order valence-corrected chi connectivity index (χ1v) is 9.87. The third-order valence-electron chi connectivity index (χ3n) is 4.32. The summed E-state index contributed by atoms with van der Waals surface area (Å²) in [7, 11) is 0. The summed E-state index contributed by atoms with van der Waals surface area (Å²) in [6.07, 6.45) is 0.498. The lowest BCUT2D eigenvalue weighted by molar-refractivity contribution is -0.135. The molecule has 2 aromatic carbocycles. The molecule has 0 unspecified atom stereocenters. The van der Waals surface area contributed by atoms with Crippen LogP contribution in [-0.2, 0) is 10.4 Å². The molecule has 0 bridgehead atoms. The summed E-state index contributed by atoms with van der Waals surface area (Å²) < 4.78 is 1.78. The van der Waals surface area contributed by atoms with Crippen LogP contribution in [0.15, 0.2) is 46.9 Å². The first-order valence-electron chi connectivity index (χ1n) is 8.00. The largest absolute Gasteiger partial charge is 0.375 e. The number of carbonyl (C=O) groups is 2. The number of anilines is 1. The molecule has 2 aromatic rings. The highest BCUT2D eigenvalue weighted by molar-refractivity contribution is 14.1. The Balaban J connectivity index is 1.99. The first-order chi connectivity index (χ1) is 11.9. The Hall–Kier alpha value is -1.25. The highest BCUT2D eigenvalue weighted by atomic mass is 127. The highest BCUT2D eigenvalue weighted by Gasteiger charge is 2.50.